The van der Waals surface area contributed by atoms with Crippen LogP contribution in [0, 0.1) is 5.82 Å². The number of rotatable bonds is 11. The molecule has 2 aromatic rings. The Morgan fingerprint density at radius 1 is 0.760 bits per heavy atom. The quantitative estimate of drug-likeness (QED) is 0.393. The van der Waals surface area contributed by atoms with Crippen molar-refractivity contribution in [1.29, 1.82) is 0 Å². The highest BCUT2D eigenvalue weighted by atomic mass is 19.1. The molecule has 2 rings (SSSR count). The van der Waals surface area contributed by atoms with Crippen LogP contribution in [0.5, 0.6) is 5.75 Å². The number of unbranched alkanes of at least 4 members (excludes halogenated alkanes) is 5. The summed E-state index contributed by atoms with van der Waals surface area (Å²) in [4.78, 5) is 0. The van der Waals surface area contributed by atoms with Crippen molar-refractivity contribution in [1.82, 2.24) is 0 Å². The third-order valence-corrected chi connectivity index (χ3v) is 4.54. The number of halogens is 1. The normalized spacial score (nSPS) is 10.8. The number of hydrogen-bond donors (Lipinski definition) is 0. The fourth-order valence-corrected chi connectivity index (χ4v) is 2.95. The molecule has 0 atom stereocenters. The first-order valence-corrected chi connectivity index (χ1v) is 9.76. The third kappa shape index (κ3) is 6.53. The van der Waals surface area contributed by atoms with Gasteiger partial charge < -0.3 is 4.74 Å². The maximum absolute atomic E-state index is 14.3. The highest BCUT2D eigenvalue weighted by Gasteiger charge is 2.06. The van der Waals surface area contributed by atoms with Crippen LogP contribution in [0.4, 0.5) is 4.39 Å². The van der Waals surface area contributed by atoms with E-state index in [9.17, 15) is 4.39 Å². The van der Waals surface area contributed by atoms with Gasteiger partial charge in [0.15, 0.2) is 11.6 Å². The Labute approximate surface area is 152 Å². The van der Waals surface area contributed by atoms with Crippen molar-refractivity contribution in [3.05, 3.63) is 53.8 Å². The van der Waals surface area contributed by atoms with Crippen LogP contribution in [0.3, 0.4) is 0 Å². The lowest BCUT2D eigenvalue weighted by molar-refractivity contribution is 0.290. The summed E-state index contributed by atoms with van der Waals surface area (Å²) in [5, 5.41) is 0. The molecule has 0 amide bonds. The van der Waals surface area contributed by atoms with Gasteiger partial charge in [0.25, 0.3) is 0 Å². The van der Waals surface area contributed by atoms with Crippen LogP contribution in [0.2, 0.25) is 0 Å². The van der Waals surface area contributed by atoms with Gasteiger partial charge in [0.2, 0.25) is 0 Å². The molecule has 0 saturated carbocycles. The molecule has 1 nitrogen and oxygen atoms in total. The van der Waals surface area contributed by atoms with E-state index in [1.54, 1.807) is 12.1 Å². The lowest BCUT2D eigenvalue weighted by Crippen LogP contribution is -1.99. The predicted octanol–water partition coefficient (Wildman–Crippen LogP) is 7.18. The Morgan fingerprint density at radius 3 is 2.12 bits per heavy atom. The molecule has 0 saturated heterocycles. The van der Waals surface area contributed by atoms with Gasteiger partial charge in [-0.2, -0.15) is 0 Å². The minimum atomic E-state index is -0.278. The van der Waals surface area contributed by atoms with Crippen molar-refractivity contribution in [3.8, 4) is 16.9 Å². The van der Waals surface area contributed by atoms with E-state index in [2.05, 4.69) is 38.1 Å². The summed E-state index contributed by atoms with van der Waals surface area (Å²) in [7, 11) is 0. The van der Waals surface area contributed by atoms with Crippen LogP contribution < -0.4 is 4.74 Å². The van der Waals surface area contributed by atoms with Gasteiger partial charge in [0, 0.05) is 0 Å². The summed E-state index contributed by atoms with van der Waals surface area (Å²) in [5.41, 5.74) is 3.30. The highest BCUT2D eigenvalue weighted by molar-refractivity contribution is 5.64. The average Bonchev–Trinajstić information content (AvgIpc) is 2.63. The van der Waals surface area contributed by atoms with Gasteiger partial charge in [0.1, 0.15) is 0 Å². The van der Waals surface area contributed by atoms with Crippen molar-refractivity contribution in [2.75, 3.05) is 6.61 Å². The second-order valence-corrected chi connectivity index (χ2v) is 6.71. The molecule has 0 heterocycles. The summed E-state index contributed by atoms with van der Waals surface area (Å²) >= 11 is 0. The van der Waals surface area contributed by atoms with Crippen LogP contribution >= 0.6 is 0 Å². The Balaban J connectivity index is 1.92. The third-order valence-electron chi connectivity index (χ3n) is 4.54. The molecule has 0 fully saturated rings. The van der Waals surface area contributed by atoms with Gasteiger partial charge in [-0.25, -0.2) is 4.39 Å². The first-order valence-electron chi connectivity index (χ1n) is 9.76. The summed E-state index contributed by atoms with van der Waals surface area (Å²) in [6.45, 7) is 4.98. The molecule has 136 valence electrons. The van der Waals surface area contributed by atoms with Crippen molar-refractivity contribution in [2.45, 2.75) is 65.2 Å². The average molecular weight is 342 g/mol. The zero-order valence-corrected chi connectivity index (χ0v) is 15.7. The summed E-state index contributed by atoms with van der Waals surface area (Å²) in [6, 6.07) is 13.7. The van der Waals surface area contributed by atoms with E-state index in [4.69, 9.17) is 4.74 Å². The van der Waals surface area contributed by atoms with E-state index >= 15 is 0 Å². The number of ether oxygens (including phenoxy) is 1. The van der Waals surface area contributed by atoms with E-state index in [-0.39, 0.29) is 5.82 Å². The Morgan fingerprint density at radius 2 is 1.44 bits per heavy atom. The molecular formula is C23H31FO. The topological polar surface area (TPSA) is 9.23 Å². The minimum Gasteiger partial charge on any atom is -0.491 e. The number of aryl methyl sites for hydroxylation is 1. The van der Waals surface area contributed by atoms with Crippen molar-refractivity contribution >= 4 is 0 Å². The fourth-order valence-electron chi connectivity index (χ4n) is 2.95. The van der Waals surface area contributed by atoms with Crippen molar-refractivity contribution in [2.24, 2.45) is 0 Å². The molecule has 2 heteroatoms. The first-order chi connectivity index (χ1) is 12.2. The zero-order valence-electron chi connectivity index (χ0n) is 15.7. The number of benzene rings is 2. The fraction of sp³-hybridized carbons (Fsp3) is 0.478. The molecule has 0 radical (unpaired) electrons. The van der Waals surface area contributed by atoms with Crippen molar-refractivity contribution < 1.29 is 9.13 Å². The van der Waals surface area contributed by atoms with Crippen molar-refractivity contribution in [3.63, 3.8) is 0 Å². The van der Waals surface area contributed by atoms with Crippen LogP contribution in [0.25, 0.3) is 11.1 Å². The van der Waals surface area contributed by atoms with Gasteiger partial charge >= 0.3 is 0 Å². The summed E-state index contributed by atoms with van der Waals surface area (Å²) in [5.74, 6) is 0.0800. The van der Waals surface area contributed by atoms with Gasteiger partial charge in [-0.3, -0.25) is 0 Å². The van der Waals surface area contributed by atoms with Gasteiger partial charge in [0.05, 0.1) is 6.61 Å². The van der Waals surface area contributed by atoms with Gasteiger partial charge in [-0.15, -0.1) is 0 Å². The second-order valence-electron chi connectivity index (χ2n) is 6.71. The van der Waals surface area contributed by atoms with Gasteiger partial charge in [-0.1, -0.05) is 76.3 Å². The molecule has 0 aliphatic carbocycles. The lowest BCUT2D eigenvalue weighted by atomic mass is 10.0. The maximum atomic E-state index is 14.3. The van der Waals surface area contributed by atoms with Crippen LogP contribution in [0.15, 0.2) is 42.5 Å². The first kappa shape index (κ1) is 19.5. The number of hydrogen-bond acceptors (Lipinski definition) is 1. The molecule has 0 aliphatic heterocycles. The van der Waals surface area contributed by atoms with E-state index in [0.717, 1.165) is 30.4 Å². The molecule has 0 aromatic heterocycles. The van der Waals surface area contributed by atoms with E-state index in [1.165, 1.54) is 37.7 Å². The van der Waals surface area contributed by atoms with E-state index in [1.807, 2.05) is 6.07 Å². The highest BCUT2D eigenvalue weighted by Crippen LogP contribution is 2.26. The molecule has 25 heavy (non-hydrogen) atoms. The summed E-state index contributed by atoms with van der Waals surface area (Å²) < 4.78 is 19.8. The molecule has 0 bridgehead atoms. The summed E-state index contributed by atoms with van der Waals surface area (Å²) in [6.07, 6.45) is 9.38. The Hall–Kier alpha value is -1.83. The molecular weight excluding hydrogens is 311 g/mol. The SMILES string of the molecule is CCCCCCOc1ccc(-c2ccc(CCCCC)cc2)cc1F. The van der Waals surface area contributed by atoms with Crippen LogP contribution in [0.1, 0.15) is 64.4 Å². The molecule has 0 N–H and O–H groups in total. The lowest BCUT2D eigenvalue weighted by Gasteiger charge is -2.09. The van der Waals surface area contributed by atoms with E-state index in [0.29, 0.717) is 12.4 Å². The molecule has 0 unspecified atom stereocenters. The van der Waals surface area contributed by atoms with Gasteiger partial charge in [-0.05, 0) is 48.1 Å². The monoisotopic (exact) mass is 342 g/mol. The predicted molar refractivity (Wildman–Crippen MR) is 105 cm³/mol. The standard InChI is InChI=1S/C23H31FO/c1-3-5-7-9-17-25-23-16-15-21(18-22(23)24)20-13-11-19(12-14-20)10-8-6-4-2/h11-16,18H,3-10,17H2,1-2H3. The smallest absolute Gasteiger partial charge is 0.165 e. The minimum absolute atomic E-state index is 0.278. The Kier molecular flexibility index (Phi) is 8.51. The molecule has 2 aromatic carbocycles. The van der Waals surface area contributed by atoms with Crippen LogP contribution in [-0.2, 0) is 6.42 Å². The zero-order chi connectivity index (χ0) is 17.9. The maximum Gasteiger partial charge on any atom is 0.165 e. The largest absolute Gasteiger partial charge is 0.491 e. The molecule has 0 aliphatic rings. The molecule has 0 spiro atoms. The second kappa shape index (κ2) is 10.9. The van der Waals surface area contributed by atoms with E-state index < -0.39 is 0 Å². The Bertz CT molecular complexity index is 618. The van der Waals surface area contributed by atoms with Crippen LogP contribution in [-0.4, -0.2) is 6.61 Å².